The van der Waals surface area contributed by atoms with Crippen molar-refractivity contribution >= 4 is 28.5 Å². The van der Waals surface area contributed by atoms with Gasteiger partial charge in [-0.3, -0.25) is 4.79 Å². The monoisotopic (exact) mass is 488 g/mol. The molecule has 0 spiro atoms. The zero-order valence-electron chi connectivity index (χ0n) is 20.8. The number of benzene rings is 2. The van der Waals surface area contributed by atoms with E-state index < -0.39 is 0 Å². The number of nitrogens with one attached hydrogen (secondary N) is 1. The van der Waals surface area contributed by atoms with Crippen molar-refractivity contribution in [3.05, 3.63) is 81.2 Å². The lowest BCUT2D eigenvalue weighted by atomic mass is 9.73. The Hall–Kier alpha value is -3.25. The third-order valence-electron chi connectivity index (χ3n) is 7.25. The van der Waals surface area contributed by atoms with Crippen LogP contribution < -0.4 is 19.7 Å². The maximum Gasteiger partial charge on any atom is 0.162 e. The van der Waals surface area contributed by atoms with Gasteiger partial charge in [-0.1, -0.05) is 18.2 Å². The van der Waals surface area contributed by atoms with E-state index in [4.69, 9.17) is 9.47 Å². The number of hydrogen-bond donors (Lipinski definition) is 1. The zero-order valence-corrected chi connectivity index (χ0v) is 21.6. The number of carbonyl (C=O) groups is 1. The molecular formula is C29H32N2O3S. The normalized spacial score (nSPS) is 19.0. The molecule has 3 aromatic rings. The van der Waals surface area contributed by atoms with Crippen molar-refractivity contribution in [3.63, 3.8) is 0 Å². The van der Waals surface area contributed by atoms with E-state index in [0.717, 1.165) is 47.6 Å². The Morgan fingerprint density at radius 1 is 1.00 bits per heavy atom. The van der Waals surface area contributed by atoms with E-state index in [0.29, 0.717) is 17.9 Å². The summed E-state index contributed by atoms with van der Waals surface area (Å²) in [6, 6.07) is 16.9. The minimum absolute atomic E-state index is 0.149. The van der Waals surface area contributed by atoms with E-state index in [1.165, 1.54) is 10.6 Å². The second-order valence-corrected chi connectivity index (χ2v) is 10.0. The summed E-state index contributed by atoms with van der Waals surface area (Å²) in [7, 11) is 3.30. The molecule has 5 nitrogen and oxygen atoms in total. The highest BCUT2D eigenvalue weighted by Crippen LogP contribution is 2.50. The summed E-state index contributed by atoms with van der Waals surface area (Å²) in [5.74, 6) is 1.62. The Bertz CT molecular complexity index is 1240. The number of ketones is 1. The van der Waals surface area contributed by atoms with E-state index >= 15 is 0 Å². The lowest BCUT2D eigenvalue weighted by Crippen LogP contribution is -2.29. The van der Waals surface area contributed by atoms with Crippen molar-refractivity contribution in [2.24, 2.45) is 0 Å². The van der Waals surface area contributed by atoms with Crippen LogP contribution in [0.3, 0.4) is 0 Å². The van der Waals surface area contributed by atoms with Crippen molar-refractivity contribution in [2.45, 2.75) is 38.5 Å². The van der Waals surface area contributed by atoms with Crippen LogP contribution in [0.25, 0.3) is 0 Å². The molecule has 2 heterocycles. The van der Waals surface area contributed by atoms with Crippen molar-refractivity contribution < 1.29 is 14.3 Å². The Morgan fingerprint density at radius 3 is 2.34 bits per heavy atom. The molecule has 5 rings (SSSR count). The molecule has 0 fully saturated rings. The molecule has 35 heavy (non-hydrogen) atoms. The quantitative estimate of drug-likeness (QED) is 0.408. The Labute approximate surface area is 211 Å². The minimum Gasteiger partial charge on any atom is -0.493 e. The van der Waals surface area contributed by atoms with Gasteiger partial charge in [-0.15, -0.1) is 11.3 Å². The van der Waals surface area contributed by atoms with Crippen molar-refractivity contribution in [1.29, 1.82) is 0 Å². The number of allylic oxidation sites excluding steroid dienone is 2. The lowest BCUT2D eigenvalue weighted by Gasteiger charge is -2.37. The third kappa shape index (κ3) is 4.20. The van der Waals surface area contributed by atoms with Gasteiger partial charge >= 0.3 is 0 Å². The van der Waals surface area contributed by atoms with Crippen LogP contribution in [0, 0.1) is 0 Å². The van der Waals surface area contributed by atoms with Crippen LogP contribution >= 0.6 is 11.3 Å². The SMILES string of the molecule is CCN(CC)c1ccc([C@H]2C3=C(C[C@H](c4cccs4)CC3=O)Nc3cc(OC)c(OC)cc32)cc1. The first-order valence-electron chi connectivity index (χ1n) is 12.2. The van der Waals surface area contributed by atoms with Crippen molar-refractivity contribution in [2.75, 3.05) is 37.5 Å². The van der Waals surface area contributed by atoms with Crippen LogP contribution in [-0.4, -0.2) is 33.1 Å². The third-order valence-corrected chi connectivity index (χ3v) is 8.28. The summed E-state index contributed by atoms with van der Waals surface area (Å²) in [6.07, 6.45) is 1.36. The molecule has 0 bridgehead atoms. The smallest absolute Gasteiger partial charge is 0.162 e. The van der Waals surface area contributed by atoms with Crippen LogP contribution in [0.2, 0.25) is 0 Å². The molecule has 1 N–H and O–H groups in total. The summed E-state index contributed by atoms with van der Waals surface area (Å²) in [4.78, 5) is 17.3. The zero-order chi connectivity index (χ0) is 24.5. The van der Waals surface area contributed by atoms with Gasteiger partial charge < -0.3 is 19.7 Å². The average molecular weight is 489 g/mol. The van der Waals surface area contributed by atoms with Crippen LogP contribution in [0.5, 0.6) is 11.5 Å². The van der Waals surface area contributed by atoms with Gasteiger partial charge in [0.1, 0.15) is 0 Å². The van der Waals surface area contributed by atoms with E-state index in [1.54, 1.807) is 25.6 Å². The summed E-state index contributed by atoms with van der Waals surface area (Å²) < 4.78 is 11.2. The molecule has 0 saturated heterocycles. The van der Waals surface area contributed by atoms with Gasteiger partial charge in [-0.05, 0) is 61.0 Å². The summed E-state index contributed by atoms with van der Waals surface area (Å²) in [6.45, 7) is 6.26. The molecule has 0 saturated carbocycles. The Balaban J connectivity index is 1.63. The van der Waals surface area contributed by atoms with Gasteiger partial charge in [0.05, 0.1) is 14.2 Å². The number of carbonyl (C=O) groups excluding carboxylic acids is 1. The van der Waals surface area contributed by atoms with Gasteiger partial charge in [-0.25, -0.2) is 0 Å². The Kier molecular flexibility index (Phi) is 6.56. The highest BCUT2D eigenvalue weighted by molar-refractivity contribution is 7.10. The summed E-state index contributed by atoms with van der Waals surface area (Å²) in [5, 5.41) is 5.70. The first kappa shape index (κ1) is 23.5. The van der Waals surface area contributed by atoms with Crippen LogP contribution in [0.15, 0.2) is 65.2 Å². The van der Waals surface area contributed by atoms with Gasteiger partial charge in [0.15, 0.2) is 17.3 Å². The van der Waals surface area contributed by atoms with Crippen LogP contribution in [0.4, 0.5) is 11.4 Å². The number of fused-ring (bicyclic) bond motifs is 1. The fraction of sp³-hybridized carbons (Fsp3) is 0.345. The fourth-order valence-electron chi connectivity index (χ4n) is 5.48. The maximum atomic E-state index is 13.7. The molecule has 0 amide bonds. The van der Waals surface area contributed by atoms with Crippen LogP contribution in [-0.2, 0) is 4.79 Å². The minimum atomic E-state index is -0.149. The van der Waals surface area contributed by atoms with E-state index in [9.17, 15) is 4.79 Å². The second-order valence-electron chi connectivity index (χ2n) is 9.05. The first-order valence-corrected chi connectivity index (χ1v) is 13.1. The molecule has 182 valence electrons. The summed E-state index contributed by atoms with van der Waals surface area (Å²) in [5.41, 5.74) is 6.23. The van der Waals surface area contributed by atoms with Crippen LogP contribution in [0.1, 0.15) is 54.5 Å². The number of ether oxygens (including phenoxy) is 2. The standard InChI is InChI=1S/C29H32N2O3S/c1-5-31(6-2)20-11-9-18(10-12-20)28-21-16-25(33-3)26(34-4)17-22(21)30-23-14-19(15-24(32)29(23)28)27-8-7-13-35-27/h7-13,16-17,19,28,30H,5-6,14-15H2,1-4H3/t19-,28+/m0/s1. The number of Topliss-reactive ketones (excluding diaryl/α,β-unsaturated/α-hetero) is 1. The fourth-order valence-corrected chi connectivity index (χ4v) is 6.31. The number of rotatable bonds is 7. The molecule has 1 aliphatic carbocycles. The first-order chi connectivity index (χ1) is 17.1. The van der Waals surface area contributed by atoms with Crippen molar-refractivity contribution in [1.82, 2.24) is 0 Å². The maximum absolute atomic E-state index is 13.7. The Morgan fingerprint density at radius 2 is 1.71 bits per heavy atom. The summed E-state index contributed by atoms with van der Waals surface area (Å²) >= 11 is 1.73. The topological polar surface area (TPSA) is 50.8 Å². The molecule has 1 aromatic heterocycles. The largest absolute Gasteiger partial charge is 0.493 e. The van der Waals surface area contributed by atoms with Gasteiger partial charge in [0.25, 0.3) is 0 Å². The predicted octanol–water partition coefficient (Wildman–Crippen LogP) is 6.57. The number of hydrogen-bond acceptors (Lipinski definition) is 6. The molecule has 0 unspecified atom stereocenters. The molecule has 0 radical (unpaired) electrons. The lowest BCUT2D eigenvalue weighted by molar-refractivity contribution is -0.116. The van der Waals surface area contributed by atoms with E-state index in [1.807, 2.05) is 12.1 Å². The number of thiophene rings is 1. The average Bonchev–Trinajstić information content (AvgIpc) is 3.43. The van der Waals surface area contributed by atoms with E-state index in [-0.39, 0.29) is 17.6 Å². The van der Waals surface area contributed by atoms with E-state index in [2.05, 4.69) is 65.8 Å². The molecule has 6 heteroatoms. The molecule has 2 aliphatic rings. The highest BCUT2D eigenvalue weighted by atomic mass is 32.1. The van der Waals surface area contributed by atoms with Gasteiger partial charge in [0, 0.05) is 64.9 Å². The number of nitrogens with zero attached hydrogens (tertiary/aromatic N) is 1. The van der Waals surface area contributed by atoms with Gasteiger partial charge in [0.2, 0.25) is 0 Å². The number of methoxy groups -OCH3 is 2. The van der Waals surface area contributed by atoms with Gasteiger partial charge in [-0.2, -0.15) is 0 Å². The molecule has 2 atom stereocenters. The molecular weight excluding hydrogens is 456 g/mol. The molecule has 1 aliphatic heterocycles. The second kappa shape index (κ2) is 9.78. The molecule has 2 aromatic carbocycles. The predicted molar refractivity (Wildman–Crippen MR) is 143 cm³/mol. The number of anilines is 2. The van der Waals surface area contributed by atoms with Crippen molar-refractivity contribution in [3.8, 4) is 11.5 Å². The highest BCUT2D eigenvalue weighted by Gasteiger charge is 2.39.